The Morgan fingerprint density at radius 1 is 1.11 bits per heavy atom. The van der Waals surface area contributed by atoms with Crippen LogP contribution in [-0.2, 0) is 0 Å². The Morgan fingerprint density at radius 3 is 2.52 bits per heavy atom. The number of allylic oxidation sites excluding steroid dienone is 1. The van der Waals surface area contributed by atoms with Gasteiger partial charge in [-0.2, -0.15) is 0 Å². The number of carbonyl (C=O) groups excluding carboxylic acids is 1. The third kappa shape index (κ3) is 3.54. The normalized spacial score (nSPS) is 11.5. The van der Waals surface area contributed by atoms with E-state index in [9.17, 15) is 13.6 Å². The predicted octanol–water partition coefficient (Wildman–Crippen LogP) is 5.89. The molecule has 0 aliphatic heterocycles. The average Bonchev–Trinajstić information content (AvgIpc) is 3.21. The summed E-state index contributed by atoms with van der Waals surface area (Å²) < 4.78 is 28.5. The van der Waals surface area contributed by atoms with Crippen molar-refractivity contribution in [2.24, 2.45) is 0 Å². The monoisotopic (exact) mass is 400 g/mol. The van der Waals surface area contributed by atoms with Crippen LogP contribution in [0.5, 0.6) is 0 Å². The van der Waals surface area contributed by atoms with Crippen LogP contribution in [0.1, 0.15) is 16.1 Å². The van der Waals surface area contributed by atoms with Crippen LogP contribution in [0.2, 0.25) is 5.02 Å². The average molecular weight is 401 g/mol. The predicted molar refractivity (Wildman–Crippen MR) is 103 cm³/mol. The van der Waals surface area contributed by atoms with Gasteiger partial charge in [0.05, 0.1) is 11.4 Å². The molecule has 0 fully saturated rings. The summed E-state index contributed by atoms with van der Waals surface area (Å²) in [4.78, 5) is 17.7. The molecule has 0 aliphatic rings. The topological polar surface area (TPSA) is 34.4 Å². The van der Waals surface area contributed by atoms with Gasteiger partial charge < -0.3 is 0 Å². The largest absolute Gasteiger partial charge is 0.290 e. The molecule has 0 unspecified atom stereocenters. The van der Waals surface area contributed by atoms with E-state index in [2.05, 4.69) is 4.98 Å². The molecule has 27 heavy (non-hydrogen) atoms. The number of thiazole rings is 1. The van der Waals surface area contributed by atoms with E-state index in [1.165, 1.54) is 17.4 Å². The number of imidazole rings is 1. The molecular formula is C20H11ClF2N2OS. The fourth-order valence-corrected chi connectivity index (χ4v) is 3.58. The zero-order chi connectivity index (χ0) is 19.0. The van der Waals surface area contributed by atoms with E-state index in [-0.39, 0.29) is 5.56 Å². The second-order valence-electron chi connectivity index (χ2n) is 5.76. The molecule has 4 rings (SSSR count). The molecule has 2 aromatic carbocycles. The number of fused-ring (bicyclic) bond motifs is 1. The molecule has 0 radical (unpaired) electrons. The highest BCUT2D eigenvalue weighted by molar-refractivity contribution is 7.15. The van der Waals surface area contributed by atoms with Gasteiger partial charge in [-0.05, 0) is 36.4 Å². The molecule has 2 heterocycles. The number of nitrogens with zero attached hydrogens (tertiary/aromatic N) is 2. The highest BCUT2D eigenvalue weighted by atomic mass is 35.5. The number of benzene rings is 2. The Bertz CT molecular complexity index is 1160. The van der Waals surface area contributed by atoms with Crippen LogP contribution in [0.3, 0.4) is 0 Å². The van der Waals surface area contributed by atoms with Gasteiger partial charge >= 0.3 is 0 Å². The lowest BCUT2D eigenvalue weighted by Crippen LogP contribution is -1.97. The molecule has 0 atom stereocenters. The minimum absolute atomic E-state index is 0.0529. The van der Waals surface area contributed by atoms with Crippen LogP contribution in [0.15, 0.2) is 60.1 Å². The molecule has 2 aromatic heterocycles. The van der Waals surface area contributed by atoms with Gasteiger partial charge in [-0.3, -0.25) is 9.20 Å². The molecule has 0 aliphatic carbocycles. The maximum atomic E-state index is 13.3. The first-order valence-electron chi connectivity index (χ1n) is 7.91. The van der Waals surface area contributed by atoms with Crippen molar-refractivity contribution in [3.05, 3.63) is 88.0 Å². The second kappa shape index (κ2) is 7.06. The van der Waals surface area contributed by atoms with Gasteiger partial charge in [0.1, 0.15) is 11.6 Å². The molecule has 3 nitrogen and oxygen atoms in total. The van der Waals surface area contributed by atoms with Crippen molar-refractivity contribution in [1.82, 2.24) is 9.38 Å². The van der Waals surface area contributed by atoms with Gasteiger partial charge in [0.25, 0.3) is 0 Å². The van der Waals surface area contributed by atoms with E-state index in [0.717, 1.165) is 28.7 Å². The first-order valence-corrected chi connectivity index (χ1v) is 9.17. The number of halogens is 3. The highest BCUT2D eigenvalue weighted by Gasteiger charge is 2.14. The summed E-state index contributed by atoms with van der Waals surface area (Å²) in [6, 6.07) is 9.95. The van der Waals surface area contributed by atoms with Crippen LogP contribution in [0, 0.1) is 11.6 Å². The smallest absolute Gasteiger partial charge is 0.194 e. The fourth-order valence-electron chi connectivity index (χ4n) is 2.73. The van der Waals surface area contributed by atoms with Gasteiger partial charge in [0, 0.05) is 33.8 Å². The van der Waals surface area contributed by atoms with Crippen LogP contribution in [0.4, 0.5) is 8.78 Å². The maximum Gasteiger partial charge on any atom is 0.194 e. The molecule has 4 aromatic rings. The van der Waals surface area contributed by atoms with Crippen LogP contribution in [-0.4, -0.2) is 15.2 Å². The van der Waals surface area contributed by atoms with Crippen molar-refractivity contribution in [3.8, 4) is 11.3 Å². The van der Waals surface area contributed by atoms with Crippen molar-refractivity contribution in [3.63, 3.8) is 0 Å². The van der Waals surface area contributed by atoms with Gasteiger partial charge in [-0.15, -0.1) is 11.3 Å². The highest BCUT2D eigenvalue weighted by Crippen LogP contribution is 2.28. The summed E-state index contributed by atoms with van der Waals surface area (Å²) in [5, 5.41) is 2.50. The van der Waals surface area contributed by atoms with Crippen LogP contribution in [0.25, 0.3) is 22.3 Å². The Balaban J connectivity index is 1.75. The zero-order valence-electron chi connectivity index (χ0n) is 13.7. The molecule has 0 spiro atoms. The minimum atomic E-state index is -0.793. The summed E-state index contributed by atoms with van der Waals surface area (Å²) in [6.07, 6.45) is 4.73. The number of hydrogen-bond acceptors (Lipinski definition) is 3. The number of ketones is 1. The summed E-state index contributed by atoms with van der Waals surface area (Å²) in [5.74, 6) is -2.09. The Morgan fingerprint density at radius 2 is 1.81 bits per heavy atom. The fraction of sp³-hybridized carbons (Fsp3) is 0. The molecule has 7 heteroatoms. The van der Waals surface area contributed by atoms with Crippen molar-refractivity contribution in [2.75, 3.05) is 0 Å². The second-order valence-corrected chi connectivity index (χ2v) is 7.07. The molecule has 0 amide bonds. The SMILES string of the molecule is O=C(/C=C/c1c(-c2ccc(Cl)cc2)nc2sccn12)c1cc(F)cc(F)c1. The van der Waals surface area contributed by atoms with Gasteiger partial charge in [0.15, 0.2) is 10.7 Å². The van der Waals surface area contributed by atoms with E-state index in [1.54, 1.807) is 18.2 Å². The molecule has 0 bridgehead atoms. The molecular weight excluding hydrogens is 390 g/mol. The summed E-state index contributed by atoms with van der Waals surface area (Å²) in [6.45, 7) is 0. The van der Waals surface area contributed by atoms with E-state index in [1.807, 2.05) is 28.1 Å². The first kappa shape index (κ1) is 17.6. The van der Waals surface area contributed by atoms with E-state index in [0.29, 0.717) is 16.4 Å². The number of aromatic nitrogens is 2. The molecule has 134 valence electrons. The minimum Gasteiger partial charge on any atom is -0.290 e. The first-order chi connectivity index (χ1) is 13.0. The lowest BCUT2D eigenvalue weighted by molar-refractivity contribution is 0.104. The van der Waals surface area contributed by atoms with Crippen molar-refractivity contribution < 1.29 is 13.6 Å². The third-order valence-electron chi connectivity index (χ3n) is 3.96. The van der Waals surface area contributed by atoms with E-state index < -0.39 is 17.4 Å². The molecule has 0 saturated heterocycles. The Hall–Kier alpha value is -2.83. The number of rotatable bonds is 4. The van der Waals surface area contributed by atoms with Gasteiger partial charge in [-0.1, -0.05) is 23.7 Å². The van der Waals surface area contributed by atoms with Crippen LogP contribution < -0.4 is 0 Å². The van der Waals surface area contributed by atoms with Crippen LogP contribution >= 0.6 is 22.9 Å². The lowest BCUT2D eigenvalue weighted by atomic mass is 10.1. The van der Waals surface area contributed by atoms with Crippen molar-refractivity contribution >= 4 is 39.8 Å². The molecule has 0 saturated carbocycles. The summed E-state index contributed by atoms with van der Waals surface area (Å²) in [7, 11) is 0. The lowest BCUT2D eigenvalue weighted by Gasteiger charge is -2.01. The van der Waals surface area contributed by atoms with E-state index >= 15 is 0 Å². The standard InChI is InChI=1S/C20H11ClF2N2OS/c21-14-3-1-12(2-4-14)19-17(25-7-8-27-20(25)24-19)5-6-18(26)13-9-15(22)11-16(23)10-13/h1-11H/b6-5+. The number of carbonyl (C=O) groups is 1. The quantitative estimate of drug-likeness (QED) is 0.316. The van der Waals surface area contributed by atoms with Gasteiger partial charge in [-0.25, -0.2) is 13.8 Å². The van der Waals surface area contributed by atoms with Crippen molar-refractivity contribution in [1.29, 1.82) is 0 Å². The summed E-state index contributed by atoms with van der Waals surface area (Å²) in [5.41, 5.74) is 2.17. The molecule has 0 N–H and O–H groups in total. The van der Waals surface area contributed by atoms with Gasteiger partial charge in [0.2, 0.25) is 0 Å². The Labute approximate surface area is 162 Å². The van der Waals surface area contributed by atoms with Crippen molar-refractivity contribution in [2.45, 2.75) is 0 Å². The zero-order valence-corrected chi connectivity index (χ0v) is 15.3. The summed E-state index contributed by atoms with van der Waals surface area (Å²) >= 11 is 7.41. The Kier molecular flexibility index (Phi) is 4.59. The third-order valence-corrected chi connectivity index (χ3v) is 4.96. The van der Waals surface area contributed by atoms with E-state index in [4.69, 9.17) is 11.6 Å². The maximum absolute atomic E-state index is 13.3. The number of hydrogen-bond donors (Lipinski definition) is 0.